The van der Waals surface area contributed by atoms with Gasteiger partial charge >= 0.3 is 0 Å². The van der Waals surface area contributed by atoms with Crippen molar-refractivity contribution in [2.24, 2.45) is 0 Å². The van der Waals surface area contributed by atoms with Gasteiger partial charge in [-0.15, -0.1) is 11.8 Å². The third kappa shape index (κ3) is 9.59. The van der Waals surface area contributed by atoms with Crippen LogP contribution >= 0.6 is 23.4 Å². The minimum absolute atomic E-state index is 0.0364. The Morgan fingerprint density at radius 3 is 2.60 bits per heavy atom. The summed E-state index contributed by atoms with van der Waals surface area (Å²) in [7, 11) is 1.49. The molecule has 6 amide bonds. The van der Waals surface area contributed by atoms with Crippen LogP contribution in [0.1, 0.15) is 59.2 Å². The lowest BCUT2D eigenvalue weighted by atomic mass is 10.0. The number of methoxy groups -OCH3 is 1. The molecule has 2 saturated heterocycles. The van der Waals surface area contributed by atoms with E-state index in [1.165, 1.54) is 49.5 Å². The number of carbonyl (C=O) groups is 6. The number of ether oxygens (including phenoxy) is 1. The number of imide groups is 2. The fourth-order valence-corrected chi connectivity index (χ4v) is 8.59. The van der Waals surface area contributed by atoms with Gasteiger partial charge in [-0.1, -0.05) is 30.2 Å². The van der Waals surface area contributed by atoms with Crippen LogP contribution in [0.2, 0.25) is 5.02 Å². The summed E-state index contributed by atoms with van der Waals surface area (Å²) >= 11 is 7.42. The number of fused-ring (bicyclic) bond motifs is 2. The summed E-state index contributed by atoms with van der Waals surface area (Å²) < 4.78 is 19.2. The molecule has 18 heteroatoms. The molecule has 1 atom stereocenters. The number of aromatic nitrogens is 2. The zero-order valence-electron chi connectivity index (χ0n) is 32.7. The van der Waals surface area contributed by atoms with E-state index in [0.29, 0.717) is 89.2 Å². The molecule has 1 unspecified atom stereocenters. The van der Waals surface area contributed by atoms with E-state index in [1.54, 1.807) is 36.4 Å². The predicted octanol–water partition coefficient (Wildman–Crippen LogP) is 5.57. The number of nitrogens with zero attached hydrogens (tertiary/aromatic N) is 5. The van der Waals surface area contributed by atoms with E-state index in [-0.39, 0.29) is 35.2 Å². The minimum Gasteiger partial charge on any atom is -0.494 e. The van der Waals surface area contributed by atoms with E-state index < -0.39 is 35.5 Å². The molecular formula is C42H42ClFN8O7S. The van der Waals surface area contributed by atoms with Crippen molar-refractivity contribution >= 4 is 86.9 Å². The lowest BCUT2D eigenvalue weighted by Gasteiger charge is -2.34. The molecule has 15 nitrogen and oxygen atoms in total. The maximum absolute atomic E-state index is 13.7. The first-order chi connectivity index (χ1) is 29.0. The van der Waals surface area contributed by atoms with E-state index in [9.17, 15) is 33.2 Å². The third-order valence-electron chi connectivity index (χ3n) is 10.5. The van der Waals surface area contributed by atoms with Crippen LogP contribution < -0.4 is 20.7 Å². The maximum Gasteiger partial charge on any atom is 0.263 e. The van der Waals surface area contributed by atoms with Crippen LogP contribution in [-0.2, 0) is 19.2 Å². The Morgan fingerprint density at radius 1 is 1.02 bits per heavy atom. The number of nitrogens with one attached hydrogen (secondary N) is 3. The van der Waals surface area contributed by atoms with Crippen molar-refractivity contribution in [3.63, 3.8) is 0 Å². The Labute approximate surface area is 354 Å². The first-order valence-corrected chi connectivity index (χ1v) is 20.9. The number of halogens is 2. The highest BCUT2D eigenvalue weighted by Gasteiger charge is 2.45. The predicted molar refractivity (Wildman–Crippen MR) is 224 cm³/mol. The van der Waals surface area contributed by atoms with Gasteiger partial charge in [0.25, 0.3) is 11.8 Å². The van der Waals surface area contributed by atoms with Gasteiger partial charge in [-0.25, -0.2) is 14.4 Å². The number of anilines is 3. The molecule has 1 aromatic heterocycles. The SMILES string of the molecule is COc1cc2ncnc(Nc3ccc(F)c(Cl)c3)c2cc1NC(=O)/C=C/CN1CCN(C(=O)CCCCCSc2cccc3c2C(=O)N(C2CCC(=O)NC2=O)C3=O)CC1. The second-order valence-corrected chi connectivity index (χ2v) is 15.9. The highest BCUT2D eigenvalue weighted by atomic mass is 35.5. The van der Waals surface area contributed by atoms with Crippen LogP contribution in [-0.4, -0.2) is 112 Å². The summed E-state index contributed by atoms with van der Waals surface area (Å²) in [4.78, 5) is 90.7. The first-order valence-electron chi connectivity index (χ1n) is 19.5. The monoisotopic (exact) mass is 856 g/mol. The van der Waals surface area contributed by atoms with Crippen molar-refractivity contribution in [3.05, 3.63) is 89.0 Å². The molecule has 3 aliphatic rings. The highest BCUT2D eigenvalue weighted by Crippen LogP contribution is 2.36. The van der Waals surface area contributed by atoms with Gasteiger partial charge in [0.2, 0.25) is 23.6 Å². The molecule has 2 fully saturated rings. The second kappa shape index (κ2) is 19.0. The van der Waals surface area contributed by atoms with Crippen LogP contribution in [0.4, 0.5) is 21.6 Å². The maximum atomic E-state index is 13.7. The molecule has 60 heavy (non-hydrogen) atoms. The van der Waals surface area contributed by atoms with Gasteiger partial charge in [0.15, 0.2) is 0 Å². The summed E-state index contributed by atoms with van der Waals surface area (Å²) in [5, 5.41) is 8.76. The Balaban J connectivity index is 0.820. The Hall–Kier alpha value is -5.91. The quantitative estimate of drug-likeness (QED) is 0.0586. The van der Waals surface area contributed by atoms with Gasteiger partial charge in [-0.05, 0) is 61.4 Å². The summed E-state index contributed by atoms with van der Waals surface area (Å²) in [5.74, 6) is -1.37. The fraction of sp³-hybridized carbons (Fsp3) is 0.333. The minimum atomic E-state index is -1.01. The molecular weight excluding hydrogens is 815 g/mol. The summed E-state index contributed by atoms with van der Waals surface area (Å²) in [6.07, 6.45) is 7.57. The fourth-order valence-electron chi connectivity index (χ4n) is 7.32. The number of thioether (sulfide) groups is 1. The Morgan fingerprint density at radius 2 is 1.83 bits per heavy atom. The van der Waals surface area contributed by atoms with Gasteiger partial charge in [0.05, 0.1) is 34.5 Å². The van der Waals surface area contributed by atoms with Crippen LogP contribution in [0.15, 0.2) is 71.9 Å². The largest absolute Gasteiger partial charge is 0.494 e. The van der Waals surface area contributed by atoms with Gasteiger partial charge in [-0.2, -0.15) is 0 Å². The number of amides is 6. The Kier molecular flexibility index (Phi) is 13.4. The van der Waals surface area contributed by atoms with E-state index in [1.807, 2.05) is 4.90 Å². The molecule has 3 N–H and O–H groups in total. The molecule has 7 rings (SSSR count). The molecule has 0 bridgehead atoms. The van der Waals surface area contributed by atoms with Crippen LogP contribution in [0.3, 0.4) is 0 Å². The summed E-state index contributed by atoms with van der Waals surface area (Å²) in [6, 6.07) is 11.7. The van der Waals surface area contributed by atoms with E-state index in [0.717, 1.165) is 24.2 Å². The smallest absolute Gasteiger partial charge is 0.263 e. The second-order valence-electron chi connectivity index (χ2n) is 14.4. The summed E-state index contributed by atoms with van der Waals surface area (Å²) in [5.41, 5.74) is 2.05. The van der Waals surface area contributed by atoms with Crippen molar-refractivity contribution in [2.75, 3.05) is 56.2 Å². The first kappa shape index (κ1) is 42.2. The highest BCUT2D eigenvalue weighted by molar-refractivity contribution is 7.99. The van der Waals surface area contributed by atoms with Crippen molar-refractivity contribution in [3.8, 4) is 5.75 Å². The number of benzene rings is 3. The van der Waals surface area contributed by atoms with Crippen LogP contribution in [0, 0.1) is 5.82 Å². The molecule has 4 heterocycles. The average molecular weight is 857 g/mol. The number of rotatable bonds is 15. The molecule has 312 valence electrons. The van der Waals surface area contributed by atoms with Crippen molar-refractivity contribution < 1.29 is 37.9 Å². The van der Waals surface area contributed by atoms with Crippen LogP contribution in [0.5, 0.6) is 5.75 Å². The van der Waals surface area contributed by atoms with E-state index in [2.05, 4.69) is 30.8 Å². The van der Waals surface area contributed by atoms with Crippen molar-refractivity contribution in [2.45, 2.75) is 49.5 Å². The van der Waals surface area contributed by atoms with Gasteiger partial charge in [0.1, 0.15) is 29.8 Å². The lowest BCUT2D eigenvalue weighted by Crippen LogP contribution is -2.54. The average Bonchev–Trinajstić information content (AvgIpc) is 3.49. The van der Waals surface area contributed by atoms with Crippen molar-refractivity contribution in [1.29, 1.82) is 0 Å². The topological polar surface area (TPSA) is 183 Å². The van der Waals surface area contributed by atoms with Gasteiger partial charge < -0.3 is 20.3 Å². The van der Waals surface area contributed by atoms with Gasteiger partial charge in [-0.3, -0.25) is 43.9 Å². The number of unbranched alkanes of at least 4 members (excludes halogenated alkanes) is 2. The molecule has 3 aliphatic heterocycles. The van der Waals surface area contributed by atoms with E-state index >= 15 is 0 Å². The normalized spacial score (nSPS) is 17.0. The number of hydrogen-bond acceptors (Lipinski definition) is 12. The zero-order valence-corrected chi connectivity index (χ0v) is 34.2. The molecule has 0 radical (unpaired) electrons. The van der Waals surface area contributed by atoms with Crippen LogP contribution in [0.25, 0.3) is 10.9 Å². The van der Waals surface area contributed by atoms with Crippen molar-refractivity contribution in [1.82, 2.24) is 30.0 Å². The molecule has 0 saturated carbocycles. The lowest BCUT2D eigenvalue weighted by molar-refractivity contribution is -0.136. The molecule has 4 aromatic rings. The number of piperidine rings is 1. The zero-order chi connectivity index (χ0) is 42.3. The third-order valence-corrected chi connectivity index (χ3v) is 11.9. The Bertz CT molecular complexity index is 2390. The number of piperazine rings is 1. The van der Waals surface area contributed by atoms with Gasteiger partial charge in [0, 0.05) is 73.7 Å². The molecule has 0 aliphatic carbocycles. The van der Waals surface area contributed by atoms with E-state index in [4.69, 9.17) is 16.3 Å². The standard InChI is InChI=1S/C42H42ClFN8O7S/c1-59-33-23-30-27(39(46-24-45-30)47-25-11-12-29(44)28(43)21-25)22-31(33)48-35(53)9-6-15-50-16-18-51(19-17-50)37(55)10-3-2-4-20-60-34-8-5-7-26-38(34)42(58)52(41(26)57)32-13-14-36(54)49-40(32)56/h5-9,11-12,21-24,32H,2-4,10,13-20H2,1H3,(H,48,53)(H,45,46,47)(H,49,54,56)/b9-6+. The molecule has 0 spiro atoms. The number of hydrogen-bond donors (Lipinski definition) is 3. The number of carbonyl (C=O) groups excluding carboxylic acids is 6. The molecule has 3 aromatic carbocycles. The summed E-state index contributed by atoms with van der Waals surface area (Å²) in [6.45, 7) is 3.06.